The van der Waals surface area contributed by atoms with Crippen molar-refractivity contribution < 1.29 is 19.4 Å². The van der Waals surface area contributed by atoms with Gasteiger partial charge in [0.25, 0.3) is 0 Å². The van der Waals surface area contributed by atoms with Gasteiger partial charge in [0.15, 0.2) is 0 Å². The van der Waals surface area contributed by atoms with E-state index in [4.69, 9.17) is 4.42 Å². The number of phenols is 1. The van der Waals surface area contributed by atoms with Crippen molar-refractivity contribution in [3.63, 3.8) is 0 Å². The molecule has 0 saturated carbocycles. The quantitative estimate of drug-likeness (QED) is 0.297. The lowest BCUT2D eigenvalue weighted by atomic mass is 9.98. The fourth-order valence-corrected chi connectivity index (χ4v) is 4.01. The van der Waals surface area contributed by atoms with Gasteiger partial charge in [0.05, 0.1) is 5.56 Å². The molecule has 6 heteroatoms. The van der Waals surface area contributed by atoms with Gasteiger partial charge in [0, 0.05) is 17.5 Å². The van der Waals surface area contributed by atoms with Gasteiger partial charge in [-0.1, -0.05) is 56.5 Å². The second-order valence-corrected chi connectivity index (χ2v) is 8.21. The molecule has 0 spiro atoms. The topological polar surface area (TPSA) is 99.8 Å². The average molecular weight is 438 g/mol. The largest absolute Gasteiger partial charge is 0.507 e. The highest BCUT2D eigenvalue weighted by atomic mass is 16.4. The van der Waals surface area contributed by atoms with Crippen molar-refractivity contribution in [2.45, 2.75) is 65.0 Å². The van der Waals surface area contributed by atoms with Gasteiger partial charge in [-0.25, -0.2) is 4.79 Å². The van der Waals surface area contributed by atoms with Crippen molar-refractivity contribution in [2.75, 3.05) is 0 Å². The Morgan fingerprint density at radius 2 is 1.81 bits per heavy atom. The summed E-state index contributed by atoms with van der Waals surface area (Å²) < 4.78 is 5.65. The van der Waals surface area contributed by atoms with E-state index in [-0.39, 0.29) is 12.3 Å². The second kappa shape index (κ2) is 11.0. The summed E-state index contributed by atoms with van der Waals surface area (Å²) in [7, 11) is 0. The Morgan fingerprint density at radius 1 is 1.06 bits per heavy atom. The summed E-state index contributed by atoms with van der Waals surface area (Å²) in [5, 5.41) is 23.9. The molecule has 0 saturated heterocycles. The number of carbonyl (C=O) groups is 1. The monoisotopic (exact) mass is 437 g/mol. The Morgan fingerprint density at radius 3 is 2.50 bits per heavy atom. The molecule has 0 fully saturated rings. The van der Waals surface area contributed by atoms with Crippen molar-refractivity contribution >= 4 is 16.9 Å². The van der Waals surface area contributed by atoms with Gasteiger partial charge in [-0.3, -0.25) is 10.1 Å². The predicted molar refractivity (Wildman–Crippen MR) is 125 cm³/mol. The Labute approximate surface area is 187 Å². The molecule has 0 aliphatic rings. The van der Waals surface area contributed by atoms with E-state index in [9.17, 15) is 19.8 Å². The summed E-state index contributed by atoms with van der Waals surface area (Å²) >= 11 is 0. The summed E-state index contributed by atoms with van der Waals surface area (Å²) in [6, 6.07) is 11.8. The van der Waals surface area contributed by atoms with Crippen LogP contribution in [0.15, 0.2) is 51.7 Å². The molecule has 0 radical (unpaired) electrons. The maximum absolute atomic E-state index is 12.7. The summed E-state index contributed by atoms with van der Waals surface area (Å²) in [6.07, 6.45) is 5.22. The standard InChI is InChI=1S/C26H31NO5/c1-3-4-5-9-12-20-17(2)19-13-14-23(28)21(24(19)32-26(20)31)16-27-22(25(29)30)15-18-10-7-6-8-11-18/h6-8,10-11,13-14,22,27-28H,3-5,9,12,15-16H2,1-2H3,(H,29,30)/t22-/m0/s1. The van der Waals surface area contributed by atoms with Gasteiger partial charge in [0.1, 0.15) is 17.4 Å². The number of aliphatic carboxylic acids is 1. The van der Waals surface area contributed by atoms with Gasteiger partial charge >= 0.3 is 11.6 Å². The number of aryl methyl sites for hydroxylation is 1. The summed E-state index contributed by atoms with van der Waals surface area (Å²) in [4.78, 5) is 24.5. The van der Waals surface area contributed by atoms with Crippen LogP contribution in [-0.4, -0.2) is 22.2 Å². The molecule has 0 bridgehead atoms. The molecule has 0 unspecified atom stereocenters. The first-order chi connectivity index (χ1) is 15.4. The third-order valence-electron chi connectivity index (χ3n) is 5.92. The molecule has 1 atom stereocenters. The first kappa shape index (κ1) is 23.5. The van der Waals surface area contributed by atoms with Crippen LogP contribution in [0.1, 0.15) is 54.9 Å². The summed E-state index contributed by atoms with van der Waals surface area (Å²) in [5.74, 6) is -1.02. The molecule has 3 N–H and O–H groups in total. The number of rotatable bonds is 11. The van der Waals surface area contributed by atoms with Gasteiger partial charge in [-0.05, 0) is 49.4 Å². The molecule has 3 aromatic rings. The van der Waals surface area contributed by atoms with Gasteiger partial charge in [0.2, 0.25) is 0 Å². The number of aromatic hydroxyl groups is 1. The number of hydrogen-bond acceptors (Lipinski definition) is 5. The minimum absolute atomic E-state index is 0.0351. The highest BCUT2D eigenvalue weighted by Crippen LogP contribution is 2.30. The number of carboxylic acids is 1. The van der Waals surface area contributed by atoms with Crippen LogP contribution in [0.25, 0.3) is 11.0 Å². The minimum Gasteiger partial charge on any atom is -0.507 e. The van der Waals surface area contributed by atoms with Crippen molar-refractivity contribution in [1.29, 1.82) is 0 Å². The lowest BCUT2D eigenvalue weighted by Gasteiger charge is -2.17. The van der Waals surface area contributed by atoms with E-state index >= 15 is 0 Å². The molecule has 1 heterocycles. The molecular formula is C26H31NO5. The Kier molecular flexibility index (Phi) is 8.06. The van der Waals surface area contributed by atoms with E-state index < -0.39 is 17.6 Å². The second-order valence-electron chi connectivity index (χ2n) is 8.21. The van der Waals surface area contributed by atoms with Crippen LogP contribution < -0.4 is 10.9 Å². The molecule has 0 amide bonds. The zero-order valence-corrected chi connectivity index (χ0v) is 18.7. The van der Waals surface area contributed by atoms with Crippen molar-refractivity contribution in [3.8, 4) is 5.75 Å². The smallest absolute Gasteiger partial charge is 0.339 e. The summed E-state index contributed by atoms with van der Waals surface area (Å²) in [6.45, 7) is 4.11. The van der Waals surface area contributed by atoms with Crippen molar-refractivity contribution in [2.24, 2.45) is 0 Å². The molecule has 1 aromatic heterocycles. The molecule has 170 valence electrons. The lowest BCUT2D eigenvalue weighted by molar-refractivity contribution is -0.139. The van der Waals surface area contributed by atoms with E-state index in [1.165, 1.54) is 0 Å². The number of hydrogen-bond donors (Lipinski definition) is 3. The average Bonchev–Trinajstić information content (AvgIpc) is 2.77. The van der Waals surface area contributed by atoms with E-state index in [0.29, 0.717) is 29.6 Å². The van der Waals surface area contributed by atoms with Crippen molar-refractivity contribution in [3.05, 3.63) is 75.1 Å². The molecule has 6 nitrogen and oxygen atoms in total. The van der Waals surface area contributed by atoms with Crippen LogP contribution in [0.3, 0.4) is 0 Å². The van der Waals surface area contributed by atoms with Gasteiger partial charge < -0.3 is 14.6 Å². The maximum Gasteiger partial charge on any atom is 0.339 e. The van der Waals surface area contributed by atoms with Gasteiger partial charge in [-0.15, -0.1) is 0 Å². The molecule has 0 aliphatic heterocycles. The highest BCUT2D eigenvalue weighted by Gasteiger charge is 2.21. The van der Waals surface area contributed by atoms with Gasteiger partial charge in [-0.2, -0.15) is 0 Å². The first-order valence-corrected chi connectivity index (χ1v) is 11.2. The van der Waals surface area contributed by atoms with Crippen LogP contribution in [0.4, 0.5) is 0 Å². The number of fused-ring (bicyclic) bond motifs is 1. The first-order valence-electron chi connectivity index (χ1n) is 11.2. The number of phenolic OH excluding ortho intramolecular Hbond substituents is 1. The molecule has 2 aromatic carbocycles. The maximum atomic E-state index is 12.7. The van der Waals surface area contributed by atoms with E-state index in [2.05, 4.69) is 12.2 Å². The number of nitrogens with one attached hydrogen (secondary N) is 1. The minimum atomic E-state index is -0.986. The third kappa shape index (κ3) is 5.56. The Bertz CT molecular complexity index is 1120. The van der Waals surface area contributed by atoms with E-state index in [1.54, 1.807) is 12.1 Å². The van der Waals surface area contributed by atoms with Crippen LogP contribution in [-0.2, 0) is 24.2 Å². The zero-order valence-electron chi connectivity index (χ0n) is 18.7. The van der Waals surface area contributed by atoms with Crippen LogP contribution >= 0.6 is 0 Å². The lowest BCUT2D eigenvalue weighted by Crippen LogP contribution is -2.38. The van der Waals surface area contributed by atoms with Crippen LogP contribution in [0.5, 0.6) is 5.75 Å². The molecule has 3 rings (SSSR count). The van der Waals surface area contributed by atoms with E-state index in [1.807, 2.05) is 37.3 Å². The SMILES string of the molecule is CCCCCCc1c(C)c2ccc(O)c(CN[C@@H](Cc3ccccc3)C(=O)O)c2oc1=O. The normalized spacial score (nSPS) is 12.2. The summed E-state index contributed by atoms with van der Waals surface area (Å²) in [5.41, 5.74) is 2.72. The number of benzene rings is 2. The van der Waals surface area contributed by atoms with E-state index in [0.717, 1.165) is 42.2 Å². The fourth-order valence-electron chi connectivity index (χ4n) is 4.01. The van der Waals surface area contributed by atoms with Crippen molar-refractivity contribution in [1.82, 2.24) is 5.32 Å². The van der Waals surface area contributed by atoms with Crippen LogP contribution in [0, 0.1) is 6.92 Å². The zero-order chi connectivity index (χ0) is 23.1. The third-order valence-corrected chi connectivity index (χ3v) is 5.92. The Hall–Kier alpha value is -3.12. The molecular weight excluding hydrogens is 406 g/mol. The number of unbranched alkanes of at least 4 members (excludes halogenated alkanes) is 3. The fraction of sp³-hybridized carbons (Fsp3) is 0.385. The molecule has 32 heavy (non-hydrogen) atoms. The number of carboxylic acid groups (broad SMARTS) is 1. The Balaban J connectivity index is 1.86. The predicted octanol–water partition coefficient (Wildman–Crippen LogP) is 4.72. The van der Waals surface area contributed by atoms with Crippen LogP contribution in [0.2, 0.25) is 0 Å². The molecule has 0 aliphatic carbocycles. The highest BCUT2D eigenvalue weighted by molar-refractivity contribution is 5.85.